The Kier molecular flexibility index (Phi) is 4.65. The first-order valence-corrected chi connectivity index (χ1v) is 8.63. The van der Waals surface area contributed by atoms with E-state index in [1.807, 2.05) is 26.0 Å². The van der Waals surface area contributed by atoms with E-state index in [0.717, 1.165) is 21.4 Å². The van der Waals surface area contributed by atoms with Gasteiger partial charge < -0.3 is 5.32 Å². The highest BCUT2D eigenvalue weighted by atomic mass is 79.9. The van der Waals surface area contributed by atoms with Crippen LogP contribution < -0.4 is 10.5 Å². The zero-order valence-electron chi connectivity index (χ0n) is 11.7. The summed E-state index contributed by atoms with van der Waals surface area (Å²) in [6.45, 7) is 3.90. The molecule has 0 amide bonds. The van der Waals surface area contributed by atoms with Crippen LogP contribution in [-0.4, -0.2) is 13.4 Å². The Bertz CT molecular complexity index is 763. The summed E-state index contributed by atoms with van der Waals surface area (Å²) >= 11 is 3.35. The Balaban J connectivity index is 2.24. The van der Waals surface area contributed by atoms with Gasteiger partial charge in [0.05, 0.1) is 16.8 Å². The number of halogens is 1. The average molecular weight is 370 g/mol. The SMILES string of the molecule is Cc1cc(NC(C)c2cccc(S(N)(=O)=O)c2)cnc1Br. The fraction of sp³-hybridized carbons (Fsp3) is 0.214. The number of aromatic nitrogens is 1. The molecule has 0 aliphatic rings. The van der Waals surface area contributed by atoms with Crippen molar-refractivity contribution in [3.8, 4) is 0 Å². The van der Waals surface area contributed by atoms with E-state index in [1.165, 1.54) is 6.07 Å². The maximum absolute atomic E-state index is 11.4. The minimum atomic E-state index is -3.69. The number of pyridine rings is 1. The Hall–Kier alpha value is -1.44. The minimum absolute atomic E-state index is 0.0749. The van der Waals surface area contributed by atoms with Crippen molar-refractivity contribution in [2.75, 3.05) is 5.32 Å². The molecule has 1 aromatic heterocycles. The van der Waals surface area contributed by atoms with Crippen molar-refractivity contribution in [1.82, 2.24) is 4.98 Å². The van der Waals surface area contributed by atoms with Crippen LogP contribution in [0.5, 0.6) is 0 Å². The third-order valence-corrected chi connectivity index (χ3v) is 4.83. The summed E-state index contributed by atoms with van der Waals surface area (Å²) < 4.78 is 23.6. The number of nitrogens with two attached hydrogens (primary N) is 1. The van der Waals surface area contributed by atoms with Crippen LogP contribution in [0.3, 0.4) is 0 Å². The molecule has 0 fully saturated rings. The lowest BCUT2D eigenvalue weighted by molar-refractivity contribution is 0.597. The van der Waals surface area contributed by atoms with Crippen LogP contribution in [0.15, 0.2) is 46.0 Å². The number of nitrogens with zero attached hydrogens (tertiary/aromatic N) is 1. The van der Waals surface area contributed by atoms with Crippen molar-refractivity contribution < 1.29 is 8.42 Å². The van der Waals surface area contributed by atoms with Crippen molar-refractivity contribution in [3.05, 3.63) is 52.3 Å². The molecular weight excluding hydrogens is 354 g/mol. The molecule has 1 unspecified atom stereocenters. The van der Waals surface area contributed by atoms with Gasteiger partial charge in [-0.05, 0) is 59.1 Å². The van der Waals surface area contributed by atoms with Gasteiger partial charge >= 0.3 is 0 Å². The number of benzene rings is 1. The van der Waals surface area contributed by atoms with Gasteiger partial charge in [-0.1, -0.05) is 12.1 Å². The summed E-state index contributed by atoms with van der Waals surface area (Å²) in [4.78, 5) is 4.33. The highest BCUT2D eigenvalue weighted by molar-refractivity contribution is 9.10. The van der Waals surface area contributed by atoms with Crippen LogP contribution in [0.2, 0.25) is 0 Å². The number of sulfonamides is 1. The number of hydrogen-bond donors (Lipinski definition) is 2. The fourth-order valence-electron chi connectivity index (χ4n) is 1.93. The van der Waals surface area contributed by atoms with E-state index in [9.17, 15) is 8.42 Å². The van der Waals surface area contributed by atoms with Gasteiger partial charge in [0.1, 0.15) is 4.60 Å². The molecule has 0 bridgehead atoms. The molecular formula is C14H16BrN3O2S. The van der Waals surface area contributed by atoms with E-state index in [4.69, 9.17) is 5.14 Å². The van der Waals surface area contributed by atoms with E-state index in [1.54, 1.807) is 18.3 Å². The molecule has 3 N–H and O–H groups in total. The molecule has 1 aromatic carbocycles. The van der Waals surface area contributed by atoms with Crippen LogP contribution in [-0.2, 0) is 10.0 Å². The van der Waals surface area contributed by atoms with E-state index >= 15 is 0 Å². The second kappa shape index (κ2) is 6.13. The molecule has 0 aliphatic heterocycles. The van der Waals surface area contributed by atoms with E-state index in [2.05, 4.69) is 26.2 Å². The third kappa shape index (κ3) is 4.03. The highest BCUT2D eigenvalue weighted by Crippen LogP contribution is 2.23. The van der Waals surface area contributed by atoms with Gasteiger partial charge in [0.2, 0.25) is 10.0 Å². The quantitative estimate of drug-likeness (QED) is 0.811. The number of nitrogens with one attached hydrogen (secondary N) is 1. The Morgan fingerprint density at radius 3 is 2.67 bits per heavy atom. The summed E-state index contributed by atoms with van der Waals surface area (Å²) in [7, 11) is -3.69. The number of anilines is 1. The smallest absolute Gasteiger partial charge is 0.238 e. The Labute approximate surface area is 132 Å². The first kappa shape index (κ1) is 15.9. The molecule has 1 atom stereocenters. The van der Waals surface area contributed by atoms with E-state index < -0.39 is 10.0 Å². The predicted molar refractivity (Wildman–Crippen MR) is 86.5 cm³/mol. The lowest BCUT2D eigenvalue weighted by Crippen LogP contribution is -2.13. The lowest BCUT2D eigenvalue weighted by Gasteiger charge is -2.16. The highest BCUT2D eigenvalue weighted by Gasteiger charge is 2.12. The second-order valence-electron chi connectivity index (χ2n) is 4.82. The van der Waals surface area contributed by atoms with Gasteiger partial charge in [0.25, 0.3) is 0 Å². The summed E-state index contributed by atoms with van der Waals surface area (Å²) in [5, 5.41) is 8.44. The lowest BCUT2D eigenvalue weighted by atomic mass is 10.1. The zero-order valence-corrected chi connectivity index (χ0v) is 14.1. The molecule has 2 rings (SSSR count). The van der Waals surface area contributed by atoms with Crippen LogP contribution in [0, 0.1) is 6.92 Å². The van der Waals surface area contributed by atoms with Gasteiger partial charge in [-0.2, -0.15) is 0 Å². The summed E-state index contributed by atoms with van der Waals surface area (Å²) in [6, 6.07) is 8.48. The normalized spacial score (nSPS) is 13.0. The van der Waals surface area contributed by atoms with Crippen molar-refractivity contribution in [2.45, 2.75) is 24.8 Å². The first-order valence-electron chi connectivity index (χ1n) is 6.29. The first-order chi connectivity index (χ1) is 9.77. The van der Waals surface area contributed by atoms with Crippen molar-refractivity contribution in [3.63, 3.8) is 0 Å². The summed E-state index contributed by atoms with van der Waals surface area (Å²) in [6.07, 6.45) is 1.72. The molecule has 21 heavy (non-hydrogen) atoms. The van der Waals surface area contributed by atoms with Gasteiger partial charge in [0.15, 0.2) is 0 Å². The molecule has 7 heteroatoms. The van der Waals surface area contributed by atoms with Crippen LogP contribution in [0.25, 0.3) is 0 Å². The number of hydrogen-bond acceptors (Lipinski definition) is 4. The monoisotopic (exact) mass is 369 g/mol. The number of primary sulfonamides is 1. The molecule has 0 saturated carbocycles. The molecule has 5 nitrogen and oxygen atoms in total. The van der Waals surface area contributed by atoms with Gasteiger partial charge in [-0.3, -0.25) is 0 Å². The van der Waals surface area contributed by atoms with E-state index in [0.29, 0.717) is 0 Å². The summed E-state index contributed by atoms with van der Waals surface area (Å²) in [5.74, 6) is 0. The standard InChI is InChI=1S/C14H16BrN3O2S/c1-9-6-12(8-17-14(9)15)18-10(2)11-4-3-5-13(7-11)21(16,19)20/h3-8,10,18H,1-2H3,(H2,16,19,20). The zero-order chi connectivity index (χ0) is 15.6. The minimum Gasteiger partial charge on any atom is -0.377 e. The maximum Gasteiger partial charge on any atom is 0.238 e. The maximum atomic E-state index is 11.4. The Morgan fingerprint density at radius 1 is 1.33 bits per heavy atom. The predicted octanol–water partition coefficient (Wildman–Crippen LogP) is 2.97. The number of aryl methyl sites for hydroxylation is 1. The molecule has 0 saturated heterocycles. The molecule has 112 valence electrons. The molecule has 0 radical (unpaired) electrons. The second-order valence-corrected chi connectivity index (χ2v) is 7.13. The van der Waals surface area contributed by atoms with Gasteiger partial charge in [-0.25, -0.2) is 18.5 Å². The fourth-order valence-corrected chi connectivity index (χ4v) is 2.72. The topological polar surface area (TPSA) is 85.1 Å². The van der Waals surface area contributed by atoms with Crippen LogP contribution in [0.1, 0.15) is 24.1 Å². The molecule has 2 aromatic rings. The molecule has 0 spiro atoms. The van der Waals surface area contributed by atoms with Gasteiger partial charge in [0, 0.05) is 6.04 Å². The van der Waals surface area contributed by atoms with Crippen molar-refractivity contribution in [1.29, 1.82) is 0 Å². The summed E-state index contributed by atoms with van der Waals surface area (Å²) in [5.41, 5.74) is 2.72. The van der Waals surface area contributed by atoms with Crippen LogP contribution >= 0.6 is 15.9 Å². The van der Waals surface area contributed by atoms with Crippen molar-refractivity contribution in [2.24, 2.45) is 5.14 Å². The Morgan fingerprint density at radius 2 is 2.05 bits per heavy atom. The van der Waals surface area contributed by atoms with E-state index in [-0.39, 0.29) is 10.9 Å². The third-order valence-electron chi connectivity index (χ3n) is 3.08. The molecule has 1 heterocycles. The van der Waals surface area contributed by atoms with Crippen molar-refractivity contribution >= 4 is 31.6 Å². The molecule has 0 aliphatic carbocycles. The number of rotatable bonds is 4. The average Bonchev–Trinajstić information content (AvgIpc) is 2.42. The van der Waals surface area contributed by atoms with Crippen LogP contribution in [0.4, 0.5) is 5.69 Å². The largest absolute Gasteiger partial charge is 0.377 e. The van der Waals surface area contributed by atoms with Gasteiger partial charge in [-0.15, -0.1) is 0 Å².